The number of para-hydroxylation sites is 1. The Hall–Kier alpha value is -3.13. The van der Waals surface area contributed by atoms with Crippen LogP contribution in [0.2, 0.25) is 5.02 Å². The van der Waals surface area contributed by atoms with Crippen molar-refractivity contribution in [3.8, 4) is 5.75 Å². The molecule has 34 heavy (non-hydrogen) atoms. The minimum Gasteiger partial charge on any atom is -0.484 e. The van der Waals surface area contributed by atoms with E-state index in [0.717, 1.165) is 0 Å². The third kappa shape index (κ3) is 5.67. The predicted molar refractivity (Wildman–Crippen MR) is 125 cm³/mol. The molecule has 0 unspecified atom stereocenters. The Labute approximate surface area is 203 Å². The van der Waals surface area contributed by atoms with E-state index in [0.29, 0.717) is 62.9 Å². The maximum atomic E-state index is 14.0. The molecule has 2 aliphatic rings. The summed E-state index contributed by atoms with van der Waals surface area (Å²) in [5.41, 5.74) is -0.0550. The van der Waals surface area contributed by atoms with Gasteiger partial charge < -0.3 is 19.4 Å². The number of carbonyl (C=O) groups is 3. The summed E-state index contributed by atoms with van der Waals surface area (Å²) in [4.78, 5) is 43.2. The van der Waals surface area contributed by atoms with Gasteiger partial charge in [-0.2, -0.15) is 0 Å². The molecule has 9 heteroatoms. The topological polar surface area (TPSA) is 70.2 Å². The van der Waals surface area contributed by atoms with E-state index in [9.17, 15) is 18.8 Å². The zero-order valence-corrected chi connectivity index (χ0v) is 19.5. The van der Waals surface area contributed by atoms with Crippen LogP contribution in [0.4, 0.5) is 4.39 Å². The SMILES string of the molecule is O=C(COc1ccccc1)N1CCC(C(=O)N2CCN(C(=O)c3cc(Cl)ccc3F)CC2)CC1. The van der Waals surface area contributed by atoms with Crippen LogP contribution < -0.4 is 4.74 Å². The van der Waals surface area contributed by atoms with Gasteiger partial charge in [-0.05, 0) is 43.2 Å². The monoisotopic (exact) mass is 487 g/mol. The van der Waals surface area contributed by atoms with E-state index in [-0.39, 0.29) is 29.9 Å². The van der Waals surface area contributed by atoms with E-state index in [4.69, 9.17) is 16.3 Å². The Morgan fingerprint density at radius 1 is 0.882 bits per heavy atom. The van der Waals surface area contributed by atoms with Gasteiger partial charge >= 0.3 is 0 Å². The number of rotatable bonds is 5. The van der Waals surface area contributed by atoms with Gasteiger partial charge in [-0.3, -0.25) is 14.4 Å². The second kappa shape index (κ2) is 10.9. The Bertz CT molecular complexity index is 1040. The van der Waals surface area contributed by atoms with Gasteiger partial charge in [-0.1, -0.05) is 29.8 Å². The first kappa shape index (κ1) is 24.0. The molecule has 0 N–H and O–H groups in total. The number of hydrogen-bond donors (Lipinski definition) is 0. The third-order valence-electron chi connectivity index (χ3n) is 6.34. The minimum atomic E-state index is -0.608. The molecule has 2 heterocycles. The summed E-state index contributed by atoms with van der Waals surface area (Å²) in [5.74, 6) is -0.563. The zero-order chi connectivity index (χ0) is 24.1. The van der Waals surface area contributed by atoms with Crippen LogP contribution in [0.1, 0.15) is 23.2 Å². The predicted octanol–water partition coefficient (Wildman–Crippen LogP) is 3.08. The second-order valence-electron chi connectivity index (χ2n) is 8.50. The zero-order valence-electron chi connectivity index (χ0n) is 18.8. The molecule has 0 aliphatic carbocycles. The van der Waals surface area contributed by atoms with Crippen LogP contribution in [-0.2, 0) is 9.59 Å². The summed E-state index contributed by atoms with van der Waals surface area (Å²) in [6.45, 7) is 2.48. The molecule has 0 aromatic heterocycles. The lowest BCUT2D eigenvalue weighted by molar-refractivity contribution is -0.142. The molecule has 180 valence electrons. The first-order valence-electron chi connectivity index (χ1n) is 11.4. The van der Waals surface area contributed by atoms with Crippen molar-refractivity contribution in [2.75, 3.05) is 45.9 Å². The molecular weight excluding hydrogens is 461 g/mol. The number of benzene rings is 2. The van der Waals surface area contributed by atoms with Gasteiger partial charge in [0.15, 0.2) is 6.61 Å². The molecule has 4 rings (SSSR count). The van der Waals surface area contributed by atoms with Gasteiger partial charge in [0.25, 0.3) is 11.8 Å². The molecule has 0 bridgehead atoms. The average molecular weight is 488 g/mol. The van der Waals surface area contributed by atoms with Crippen LogP contribution in [0.25, 0.3) is 0 Å². The number of ether oxygens (including phenoxy) is 1. The first-order chi connectivity index (χ1) is 16.4. The molecule has 2 aromatic rings. The fourth-order valence-corrected chi connectivity index (χ4v) is 4.52. The number of piperazine rings is 1. The van der Waals surface area contributed by atoms with Crippen LogP contribution in [0.15, 0.2) is 48.5 Å². The largest absolute Gasteiger partial charge is 0.484 e. The standard InChI is InChI=1S/C25H27ClFN3O4/c26-19-6-7-22(27)21(16-19)25(33)30-14-12-29(13-15-30)24(32)18-8-10-28(11-9-18)23(31)17-34-20-4-2-1-3-5-20/h1-7,16,18H,8-15,17H2. The van der Waals surface area contributed by atoms with E-state index < -0.39 is 11.7 Å². The first-order valence-corrected chi connectivity index (χ1v) is 11.8. The molecular formula is C25H27ClFN3O4. The number of piperidine rings is 1. The molecule has 2 aliphatic heterocycles. The number of nitrogens with zero attached hydrogens (tertiary/aromatic N) is 3. The lowest BCUT2D eigenvalue weighted by Crippen LogP contribution is -2.53. The lowest BCUT2D eigenvalue weighted by atomic mass is 9.95. The lowest BCUT2D eigenvalue weighted by Gasteiger charge is -2.38. The molecule has 2 fully saturated rings. The van der Waals surface area contributed by atoms with Crippen LogP contribution in [-0.4, -0.2) is 78.3 Å². The summed E-state index contributed by atoms with van der Waals surface area (Å²) in [6.07, 6.45) is 1.20. The Morgan fingerprint density at radius 2 is 1.53 bits per heavy atom. The highest BCUT2D eigenvalue weighted by molar-refractivity contribution is 6.31. The number of likely N-dealkylation sites (tertiary alicyclic amines) is 1. The molecule has 2 aromatic carbocycles. The van der Waals surface area contributed by atoms with Crippen molar-refractivity contribution < 1.29 is 23.5 Å². The van der Waals surface area contributed by atoms with Crippen molar-refractivity contribution in [2.24, 2.45) is 5.92 Å². The van der Waals surface area contributed by atoms with Crippen molar-refractivity contribution in [3.63, 3.8) is 0 Å². The summed E-state index contributed by atoms with van der Waals surface area (Å²) in [5, 5.41) is 0.301. The van der Waals surface area contributed by atoms with Crippen molar-refractivity contribution in [1.82, 2.24) is 14.7 Å². The fourth-order valence-electron chi connectivity index (χ4n) is 4.35. The number of amides is 3. The highest BCUT2D eigenvalue weighted by Crippen LogP contribution is 2.22. The molecule has 2 saturated heterocycles. The smallest absolute Gasteiger partial charge is 0.260 e. The maximum Gasteiger partial charge on any atom is 0.260 e. The number of carbonyl (C=O) groups excluding carboxylic acids is 3. The molecule has 7 nitrogen and oxygen atoms in total. The van der Waals surface area contributed by atoms with Gasteiger partial charge in [0.2, 0.25) is 5.91 Å². The van der Waals surface area contributed by atoms with Crippen molar-refractivity contribution >= 4 is 29.3 Å². The van der Waals surface area contributed by atoms with Gasteiger partial charge in [0.1, 0.15) is 11.6 Å². The molecule has 0 radical (unpaired) electrons. The highest BCUT2D eigenvalue weighted by atomic mass is 35.5. The quantitative estimate of drug-likeness (QED) is 0.650. The van der Waals surface area contributed by atoms with E-state index in [2.05, 4.69) is 0 Å². The van der Waals surface area contributed by atoms with Crippen LogP contribution >= 0.6 is 11.6 Å². The molecule has 3 amide bonds. The van der Waals surface area contributed by atoms with Crippen LogP contribution in [0.5, 0.6) is 5.75 Å². The molecule has 0 spiro atoms. The summed E-state index contributed by atoms with van der Waals surface area (Å²) in [6, 6.07) is 13.1. The maximum absolute atomic E-state index is 14.0. The van der Waals surface area contributed by atoms with Gasteiger partial charge in [0.05, 0.1) is 5.56 Å². The number of hydrogen-bond acceptors (Lipinski definition) is 4. The Balaban J connectivity index is 1.22. The van der Waals surface area contributed by atoms with E-state index in [1.165, 1.54) is 18.2 Å². The Kier molecular flexibility index (Phi) is 7.67. The van der Waals surface area contributed by atoms with Gasteiger partial charge in [0, 0.05) is 50.2 Å². The molecule has 0 saturated carbocycles. The van der Waals surface area contributed by atoms with Gasteiger partial charge in [-0.25, -0.2) is 4.39 Å². The average Bonchev–Trinajstić information content (AvgIpc) is 2.88. The van der Waals surface area contributed by atoms with Crippen molar-refractivity contribution in [1.29, 1.82) is 0 Å². The number of halogens is 2. The molecule has 0 atom stereocenters. The van der Waals surface area contributed by atoms with Crippen LogP contribution in [0, 0.1) is 11.7 Å². The fraction of sp³-hybridized carbons (Fsp3) is 0.400. The van der Waals surface area contributed by atoms with Crippen molar-refractivity contribution in [3.05, 3.63) is 64.9 Å². The summed E-state index contributed by atoms with van der Waals surface area (Å²) >= 11 is 5.90. The normalized spacial score (nSPS) is 16.9. The van der Waals surface area contributed by atoms with Crippen LogP contribution in [0.3, 0.4) is 0 Å². The van der Waals surface area contributed by atoms with E-state index >= 15 is 0 Å². The highest BCUT2D eigenvalue weighted by Gasteiger charge is 2.33. The minimum absolute atomic E-state index is 0.0220. The third-order valence-corrected chi connectivity index (χ3v) is 6.57. The second-order valence-corrected chi connectivity index (χ2v) is 8.93. The Morgan fingerprint density at radius 3 is 2.21 bits per heavy atom. The van der Waals surface area contributed by atoms with E-state index in [1.807, 2.05) is 18.2 Å². The van der Waals surface area contributed by atoms with E-state index in [1.54, 1.807) is 26.8 Å². The van der Waals surface area contributed by atoms with Crippen molar-refractivity contribution in [2.45, 2.75) is 12.8 Å². The summed E-state index contributed by atoms with van der Waals surface area (Å²) < 4.78 is 19.6. The van der Waals surface area contributed by atoms with Gasteiger partial charge in [-0.15, -0.1) is 0 Å². The summed E-state index contributed by atoms with van der Waals surface area (Å²) in [7, 11) is 0.